The van der Waals surface area contributed by atoms with E-state index in [1.165, 1.54) is 0 Å². The van der Waals surface area contributed by atoms with Crippen LogP contribution < -0.4 is 5.32 Å². The minimum Gasteiger partial charge on any atom is -0.480 e. The van der Waals surface area contributed by atoms with Gasteiger partial charge in [-0.2, -0.15) is 0 Å². The molecule has 0 spiro atoms. The molecule has 1 aliphatic heterocycles. The van der Waals surface area contributed by atoms with E-state index >= 15 is 0 Å². The largest absolute Gasteiger partial charge is 0.480 e. The summed E-state index contributed by atoms with van der Waals surface area (Å²) >= 11 is 1.59. The average Bonchev–Trinajstić information content (AvgIpc) is 2.75. The first-order valence-corrected chi connectivity index (χ1v) is 5.01. The molecule has 0 aliphatic carbocycles. The van der Waals surface area contributed by atoms with Gasteiger partial charge in [-0.3, -0.25) is 4.79 Å². The molecule has 1 saturated heterocycles. The van der Waals surface area contributed by atoms with Crippen LogP contribution in [-0.4, -0.2) is 28.6 Å². The second kappa shape index (κ2) is 4.72. The predicted octanol–water partition coefficient (Wildman–Crippen LogP) is 1.09. The van der Waals surface area contributed by atoms with Gasteiger partial charge in [0.25, 0.3) is 0 Å². The minimum atomic E-state index is -0.765. The van der Waals surface area contributed by atoms with Gasteiger partial charge in [-0.05, 0) is 6.42 Å². The summed E-state index contributed by atoms with van der Waals surface area (Å²) < 4.78 is 0. The maximum Gasteiger partial charge on any atom is 0.320 e. The molecule has 1 fully saturated rings. The molecule has 1 aromatic rings. The summed E-state index contributed by atoms with van der Waals surface area (Å²) in [7, 11) is 0. The standard InChI is InChI=1S/C8H10N2O2S.ClH/c11-8(12)6-3-5(4-10-6)7-9-1-2-13-7;/h1-2,5-6,10H,3-4H2,(H,11,12);1H/t5-,6+;/m1./s1. The zero-order valence-corrected chi connectivity index (χ0v) is 8.98. The number of aliphatic carboxylic acids is 1. The fourth-order valence-corrected chi connectivity index (χ4v) is 2.30. The van der Waals surface area contributed by atoms with Crippen LogP contribution in [0.15, 0.2) is 11.6 Å². The van der Waals surface area contributed by atoms with E-state index in [4.69, 9.17) is 5.11 Å². The second-order valence-corrected chi connectivity index (χ2v) is 4.03. The van der Waals surface area contributed by atoms with E-state index < -0.39 is 12.0 Å². The lowest BCUT2D eigenvalue weighted by atomic mass is 10.1. The highest BCUT2D eigenvalue weighted by Crippen LogP contribution is 2.26. The van der Waals surface area contributed by atoms with Gasteiger partial charge >= 0.3 is 5.97 Å². The molecule has 0 saturated carbocycles. The van der Waals surface area contributed by atoms with Gasteiger partial charge in [-0.1, -0.05) is 0 Å². The Hall–Kier alpha value is -0.650. The van der Waals surface area contributed by atoms with Gasteiger partial charge in [-0.25, -0.2) is 4.98 Å². The van der Waals surface area contributed by atoms with Crippen LogP contribution in [-0.2, 0) is 4.79 Å². The number of hydrogen-bond acceptors (Lipinski definition) is 4. The molecule has 6 heteroatoms. The molecular formula is C8H11ClN2O2S. The summed E-state index contributed by atoms with van der Waals surface area (Å²) in [6.45, 7) is 0.727. The van der Waals surface area contributed by atoms with E-state index in [2.05, 4.69) is 10.3 Å². The van der Waals surface area contributed by atoms with Gasteiger partial charge in [0.15, 0.2) is 0 Å². The normalized spacial score (nSPS) is 25.7. The summed E-state index contributed by atoms with van der Waals surface area (Å²) in [6, 6.07) is -0.395. The maximum atomic E-state index is 10.6. The Labute approximate surface area is 91.8 Å². The van der Waals surface area contributed by atoms with Gasteiger partial charge in [0, 0.05) is 24.0 Å². The van der Waals surface area contributed by atoms with Crippen molar-refractivity contribution in [2.24, 2.45) is 0 Å². The average molecular weight is 235 g/mol. The molecule has 0 aromatic carbocycles. The molecule has 1 aromatic heterocycles. The van der Waals surface area contributed by atoms with Crippen molar-refractivity contribution in [3.8, 4) is 0 Å². The zero-order valence-electron chi connectivity index (χ0n) is 7.34. The maximum absolute atomic E-state index is 10.6. The molecule has 0 amide bonds. The number of rotatable bonds is 2. The lowest BCUT2D eigenvalue weighted by molar-refractivity contribution is -0.139. The van der Waals surface area contributed by atoms with Crippen molar-refractivity contribution >= 4 is 29.7 Å². The summed E-state index contributed by atoms with van der Waals surface area (Å²) in [5.74, 6) is -0.486. The van der Waals surface area contributed by atoms with Gasteiger partial charge in [-0.15, -0.1) is 23.7 Å². The quantitative estimate of drug-likeness (QED) is 0.805. The third-order valence-electron chi connectivity index (χ3n) is 2.23. The van der Waals surface area contributed by atoms with Crippen LogP contribution >= 0.6 is 23.7 Å². The second-order valence-electron chi connectivity index (χ2n) is 3.10. The first-order valence-electron chi connectivity index (χ1n) is 4.13. The highest BCUT2D eigenvalue weighted by molar-refractivity contribution is 7.09. The number of aromatic nitrogens is 1. The minimum absolute atomic E-state index is 0. The van der Waals surface area contributed by atoms with Gasteiger partial charge in [0.05, 0.1) is 5.01 Å². The SMILES string of the molecule is Cl.O=C(O)[C@@H]1C[C@@H](c2nccs2)CN1. The van der Waals surface area contributed by atoms with Crippen molar-refractivity contribution in [2.75, 3.05) is 6.54 Å². The molecule has 0 radical (unpaired) electrons. The number of carbonyl (C=O) groups is 1. The Morgan fingerprint density at radius 1 is 1.71 bits per heavy atom. The topological polar surface area (TPSA) is 62.2 Å². The van der Waals surface area contributed by atoms with E-state index in [0.717, 1.165) is 11.6 Å². The lowest BCUT2D eigenvalue weighted by Crippen LogP contribution is -2.29. The number of carboxylic acids is 1. The van der Waals surface area contributed by atoms with Crippen LogP contribution in [0.1, 0.15) is 17.3 Å². The van der Waals surface area contributed by atoms with Crippen LogP contribution in [0, 0.1) is 0 Å². The third-order valence-corrected chi connectivity index (χ3v) is 3.17. The molecular weight excluding hydrogens is 224 g/mol. The van der Waals surface area contributed by atoms with Crippen molar-refractivity contribution in [1.29, 1.82) is 0 Å². The van der Waals surface area contributed by atoms with E-state index in [9.17, 15) is 4.79 Å². The Balaban J connectivity index is 0.000000980. The number of thiazole rings is 1. The van der Waals surface area contributed by atoms with Crippen molar-refractivity contribution < 1.29 is 9.90 Å². The molecule has 2 rings (SSSR count). The fraction of sp³-hybridized carbons (Fsp3) is 0.500. The number of nitrogens with one attached hydrogen (secondary N) is 1. The Kier molecular flexibility index (Phi) is 3.86. The Bertz CT molecular complexity index is 304. The van der Waals surface area contributed by atoms with Crippen molar-refractivity contribution in [3.05, 3.63) is 16.6 Å². The van der Waals surface area contributed by atoms with Crippen molar-refractivity contribution in [2.45, 2.75) is 18.4 Å². The Morgan fingerprint density at radius 2 is 2.50 bits per heavy atom. The summed E-state index contributed by atoms with van der Waals surface area (Å²) in [4.78, 5) is 14.8. The van der Waals surface area contributed by atoms with Gasteiger partial charge in [0.2, 0.25) is 0 Å². The highest BCUT2D eigenvalue weighted by atomic mass is 35.5. The monoisotopic (exact) mass is 234 g/mol. The van der Waals surface area contributed by atoms with Crippen LogP contribution in [0.3, 0.4) is 0 Å². The summed E-state index contributed by atoms with van der Waals surface area (Å²) in [5.41, 5.74) is 0. The van der Waals surface area contributed by atoms with Gasteiger partial charge < -0.3 is 10.4 Å². The van der Waals surface area contributed by atoms with Gasteiger partial charge in [0.1, 0.15) is 6.04 Å². The fourth-order valence-electron chi connectivity index (χ4n) is 1.55. The smallest absolute Gasteiger partial charge is 0.320 e. The molecule has 4 nitrogen and oxygen atoms in total. The van der Waals surface area contributed by atoms with E-state index in [-0.39, 0.29) is 18.3 Å². The number of hydrogen-bond donors (Lipinski definition) is 2. The molecule has 0 bridgehead atoms. The first kappa shape index (κ1) is 11.4. The first-order chi connectivity index (χ1) is 6.27. The lowest BCUT2D eigenvalue weighted by Gasteiger charge is -2.02. The van der Waals surface area contributed by atoms with E-state index in [1.54, 1.807) is 17.5 Å². The van der Waals surface area contributed by atoms with E-state index in [0.29, 0.717) is 6.42 Å². The summed E-state index contributed by atoms with van der Waals surface area (Å²) in [5, 5.41) is 14.7. The van der Waals surface area contributed by atoms with Crippen LogP contribution in [0.5, 0.6) is 0 Å². The molecule has 0 unspecified atom stereocenters. The Morgan fingerprint density at radius 3 is 3.00 bits per heavy atom. The number of carboxylic acid groups (broad SMARTS) is 1. The molecule has 2 heterocycles. The molecule has 2 N–H and O–H groups in total. The summed E-state index contributed by atoms with van der Waals surface area (Å²) in [6.07, 6.45) is 2.41. The molecule has 2 atom stereocenters. The number of nitrogens with zero attached hydrogens (tertiary/aromatic N) is 1. The molecule has 78 valence electrons. The number of halogens is 1. The van der Waals surface area contributed by atoms with E-state index in [1.807, 2.05) is 5.38 Å². The predicted molar refractivity (Wildman–Crippen MR) is 56.1 cm³/mol. The zero-order chi connectivity index (χ0) is 9.26. The van der Waals surface area contributed by atoms with Crippen LogP contribution in [0.2, 0.25) is 0 Å². The van der Waals surface area contributed by atoms with Crippen LogP contribution in [0.4, 0.5) is 0 Å². The van der Waals surface area contributed by atoms with Crippen molar-refractivity contribution in [1.82, 2.24) is 10.3 Å². The van der Waals surface area contributed by atoms with Crippen LogP contribution in [0.25, 0.3) is 0 Å². The third kappa shape index (κ3) is 2.23. The molecule has 1 aliphatic rings. The van der Waals surface area contributed by atoms with Crippen molar-refractivity contribution in [3.63, 3.8) is 0 Å². The molecule has 14 heavy (non-hydrogen) atoms. The highest BCUT2D eigenvalue weighted by Gasteiger charge is 2.31.